The van der Waals surface area contributed by atoms with Crippen molar-refractivity contribution in [3.8, 4) is 0 Å². The molecule has 4 nitrogen and oxygen atoms in total. The molecular formula is C15H26N2O2S2. The third-order valence-corrected chi connectivity index (χ3v) is 6.94. The first-order valence-corrected chi connectivity index (χ1v) is 10.3. The van der Waals surface area contributed by atoms with Gasteiger partial charge >= 0.3 is 0 Å². The molecule has 2 rings (SSSR count). The molecule has 0 aliphatic heterocycles. The first-order chi connectivity index (χ1) is 9.61. The molecule has 2 unspecified atom stereocenters. The lowest BCUT2D eigenvalue weighted by Crippen LogP contribution is -2.51. The second kappa shape index (κ2) is 5.63. The molecule has 0 amide bonds. The van der Waals surface area contributed by atoms with Gasteiger partial charge < -0.3 is 5.32 Å². The van der Waals surface area contributed by atoms with Crippen LogP contribution in [0.5, 0.6) is 0 Å². The Hall–Kier alpha value is -0.460. The number of hydrogen-bond acceptors (Lipinski definition) is 5. The van der Waals surface area contributed by atoms with Crippen LogP contribution in [0.25, 0.3) is 0 Å². The maximum atomic E-state index is 12.2. The lowest BCUT2D eigenvalue weighted by molar-refractivity contribution is 0.347. The summed E-state index contributed by atoms with van der Waals surface area (Å²) >= 11 is 1.59. The van der Waals surface area contributed by atoms with Gasteiger partial charge in [-0.15, -0.1) is 11.3 Å². The van der Waals surface area contributed by atoms with Crippen molar-refractivity contribution < 1.29 is 8.42 Å². The molecule has 1 aromatic heterocycles. The molecule has 0 spiro atoms. The van der Waals surface area contributed by atoms with Crippen LogP contribution in [0, 0.1) is 0 Å². The molecule has 1 fully saturated rings. The van der Waals surface area contributed by atoms with Crippen LogP contribution in [0.3, 0.4) is 0 Å². The molecule has 1 saturated carbocycles. The van der Waals surface area contributed by atoms with Gasteiger partial charge in [0.2, 0.25) is 0 Å². The summed E-state index contributed by atoms with van der Waals surface area (Å²) in [6.45, 7) is 9.17. The predicted molar refractivity (Wildman–Crippen MR) is 88.7 cm³/mol. The molecule has 0 bridgehead atoms. The normalized spacial score (nSPS) is 27.2. The number of nitrogens with zero attached hydrogens (tertiary/aromatic N) is 1. The van der Waals surface area contributed by atoms with E-state index >= 15 is 0 Å². The van der Waals surface area contributed by atoms with Crippen LogP contribution in [0.4, 0.5) is 0 Å². The van der Waals surface area contributed by atoms with Crippen molar-refractivity contribution >= 4 is 21.2 Å². The van der Waals surface area contributed by atoms with Gasteiger partial charge in [-0.1, -0.05) is 27.7 Å². The Morgan fingerprint density at radius 3 is 2.62 bits per heavy atom. The fourth-order valence-electron chi connectivity index (χ4n) is 3.21. The van der Waals surface area contributed by atoms with Crippen LogP contribution in [0.15, 0.2) is 5.38 Å². The molecular weight excluding hydrogens is 304 g/mol. The summed E-state index contributed by atoms with van der Waals surface area (Å²) in [6.07, 6.45) is 3.84. The van der Waals surface area contributed by atoms with Gasteiger partial charge in [-0.2, -0.15) is 0 Å². The van der Waals surface area contributed by atoms with Gasteiger partial charge in [-0.25, -0.2) is 13.4 Å². The van der Waals surface area contributed by atoms with E-state index in [0.29, 0.717) is 0 Å². The van der Waals surface area contributed by atoms with E-state index in [1.807, 2.05) is 6.92 Å². The van der Waals surface area contributed by atoms with Crippen molar-refractivity contribution in [2.75, 3.05) is 12.8 Å². The Morgan fingerprint density at radius 2 is 2.14 bits per heavy atom. The van der Waals surface area contributed by atoms with Crippen molar-refractivity contribution in [3.63, 3.8) is 0 Å². The second-order valence-electron chi connectivity index (χ2n) is 7.00. The minimum atomic E-state index is -3.10. The molecule has 1 N–H and O–H groups in total. The first-order valence-electron chi connectivity index (χ1n) is 7.51. The Kier molecular flexibility index (Phi) is 4.53. The van der Waals surface area contributed by atoms with Crippen molar-refractivity contribution in [2.24, 2.45) is 0 Å². The van der Waals surface area contributed by atoms with Gasteiger partial charge in [-0.05, 0) is 25.8 Å². The quantitative estimate of drug-likeness (QED) is 0.922. The number of rotatable bonds is 4. The van der Waals surface area contributed by atoms with E-state index in [4.69, 9.17) is 4.98 Å². The fraction of sp³-hybridized carbons (Fsp3) is 0.800. The summed E-state index contributed by atoms with van der Waals surface area (Å²) in [7, 11) is -3.10. The van der Waals surface area contributed by atoms with Gasteiger partial charge in [0.1, 0.15) is 5.01 Å². The van der Waals surface area contributed by atoms with Gasteiger partial charge in [-0.3, -0.25) is 0 Å². The molecule has 120 valence electrons. The SMILES string of the molecule is CCNC1(c2nc(C(C)(C)C)cs2)CCCC1S(C)(=O)=O. The van der Waals surface area contributed by atoms with Crippen LogP contribution in [-0.2, 0) is 20.8 Å². The summed E-state index contributed by atoms with van der Waals surface area (Å²) in [5.41, 5.74) is 0.525. The minimum absolute atomic E-state index is 0.0126. The Balaban J connectivity index is 2.50. The topological polar surface area (TPSA) is 59.1 Å². The van der Waals surface area contributed by atoms with Gasteiger partial charge in [0.05, 0.1) is 16.5 Å². The average Bonchev–Trinajstić information content (AvgIpc) is 2.93. The second-order valence-corrected chi connectivity index (χ2v) is 10.1. The standard InChI is InChI=1S/C15H26N2O2S2/c1-6-16-15(9-7-8-12(15)21(5,18)19)13-17-11(10-20-13)14(2,3)4/h10,12,16H,6-9H2,1-5H3. The number of hydrogen-bond donors (Lipinski definition) is 1. The number of sulfone groups is 1. The van der Waals surface area contributed by atoms with Crippen molar-refractivity contribution in [2.45, 2.75) is 63.2 Å². The molecule has 1 aliphatic rings. The minimum Gasteiger partial charge on any atom is -0.305 e. The molecule has 0 saturated heterocycles. The number of nitrogens with one attached hydrogen (secondary N) is 1. The van der Waals surface area contributed by atoms with Gasteiger partial charge in [0, 0.05) is 17.1 Å². The van der Waals surface area contributed by atoms with Crippen LogP contribution >= 0.6 is 11.3 Å². The van der Waals surface area contributed by atoms with Crippen LogP contribution in [0.1, 0.15) is 57.7 Å². The number of aromatic nitrogens is 1. The summed E-state index contributed by atoms with van der Waals surface area (Å²) in [5, 5.41) is 6.10. The van der Waals surface area contributed by atoms with Crippen LogP contribution in [0.2, 0.25) is 0 Å². The fourth-order valence-corrected chi connectivity index (χ4v) is 6.23. The lowest BCUT2D eigenvalue weighted by atomic mass is 9.92. The molecule has 21 heavy (non-hydrogen) atoms. The summed E-state index contributed by atoms with van der Waals surface area (Å²) in [5.74, 6) is 0. The van der Waals surface area contributed by atoms with E-state index < -0.39 is 15.4 Å². The summed E-state index contributed by atoms with van der Waals surface area (Å²) in [6, 6.07) is 0. The molecule has 1 aromatic rings. The molecule has 0 radical (unpaired) electrons. The zero-order valence-corrected chi connectivity index (χ0v) is 15.2. The Morgan fingerprint density at radius 1 is 1.48 bits per heavy atom. The molecule has 1 heterocycles. The first kappa shape index (κ1) is 16.9. The highest BCUT2D eigenvalue weighted by Gasteiger charge is 2.50. The van der Waals surface area contributed by atoms with E-state index in [2.05, 4.69) is 31.5 Å². The molecule has 6 heteroatoms. The average molecular weight is 331 g/mol. The zero-order valence-electron chi connectivity index (χ0n) is 13.6. The van der Waals surface area contributed by atoms with E-state index in [9.17, 15) is 8.42 Å². The van der Waals surface area contributed by atoms with Crippen molar-refractivity contribution in [3.05, 3.63) is 16.1 Å². The van der Waals surface area contributed by atoms with Gasteiger partial charge in [0.25, 0.3) is 0 Å². The Labute approximate surface area is 132 Å². The van der Waals surface area contributed by atoms with E-state index in [1.165, 1.54) is 6.26 Å². The Bertz CT molecular complexity index is 601. The van der Waals surface area contributed by atoms with Crippen LogP contribution < -0.4 is 5.32 Å². The molecule has 1 aliphatic carbocycles. The summed E-state index contributed by atoms with van der Waals surface area (Å²) in [4.78, 5) is 4.81. The molecule has 0 aromatic carbocycles. The van der Waals surface area contributed by atoms with E-state index in [-0.39, 0.29) is 10.7 Å². The van der Waals surface area contributed by atoms with Crippen molar-refractivity contribution in [1.29, 1.82) is 0 Å². The molecule has 2 atom stereocenters. The predicted octanol–water partition coefficient (Wildman–Crippen LogP) is 2.84. The van der Waals surface area contributed by atoms with Gasteiger partial charge in [0.15, 0.2) is 9.84 Å². The smallest absolute Gasteiger partial charge is 0.152 e. The summed E-state index contributed by atoms with van der Waals surface area (Å²) < 4.78 is 24.5. The lowest BCUT2D eigenvalue weighted by Gasteiger charge is -2.33. The third-order valence-electron chi connectivity index (χ3n) is 4.25. The zero-order chi connectivity index (χ0) is 15.9. The third kappa shape index (κ3) is 3.17. The highest BCUT2D eigenvalue weighted by molar-refractivity contribution is 7.91. The van der Waals surface area contributed by atoms with Crippen LogP contribution in [-0.4, -0.2) is 31.5 Å². The monoisotopic (exact) mass is 330 g/mol. The number of thiazole rings is 1. The highest BCUT2D eigenvalue weighted by atomic mass is 32.2. The van der Waals surface area contributed by atoms with E-state index in [0.717, 1.165) is 36.5 Å². The maximum absolute atomic E-state index is 12.2. The van der Waals surface area contributed by atoms with E-state index in [1.54, 1.807) is 11.3 Å². The maximum Gasteiger partial charge on any atom is 0.152 e. The van der Waals surface area contributed by atoms with Crippen molar-refractivity contribution in [1.82, 2.24) is 10.3 Å². The largest absolute Gasteiger partial charge is 0.305 e. The highest BCUT2D eigenvalue weighted by Crippen LogP contribution is 2.44.